The van der Waals surface area contributed by atoms with Crippen molar-refractivity contribution < 1.29 is 0 Å². The Kier molecular flexibility index (Phi) is 5.86. The van der Waals surface area contributed by atoms with E-state index in [4.69, 9.17) is 15.0 Å². The minimum absolute atomic E-state index is 0.816. The van der Waals surface area contributed by atoms with Gasteiger partial charge >= 0.3 is 0 Å². The van der Waals surface area contributed by atoms with E-state index in [1.807, 2.05) is 36.4 Å². The average Bonchev–Trinajstić information content (AvgIpc) is 3.84. The lowest BCUT2D eigenvalue weighted by Gasteiger charge is -2.13. The van der Waals surface area contributed by atoms with Crippen molar-refractivity contribution in [1.29, 1.82) is 0 Å². The summed E-state index contributed by atoms with van der Waals surface area (Å²) in [5, 5.41) is 2.33. The predicted octanol–water partition coefficient (Wildman–Crippen LogP) is 10.8. The third-order valence-electron chi connectivity index (χ3n) is 10.0. The standard InChI is InChI=1S/C45H28N6/c1-3-13-29(14-4-1)43-44(47-36-19-9-8-18-35(36)46-43)50-38-20-10-7-17-33(38)34-27-30(24-26-39(34)50)31-23-25-37-42(28-31)51-41-22-12-11-21-40(41)49(45(51)48-37)32-15-5-2-6-16-32/h1-28H. The summed E-state index contributed by atoms with van der Waals surface area (Å²) in [6.07, 6.45) is 0. The summed E-state index contributed by atoms with van der Waals surface area (Å²) in [7, 11) is 0. The number of fused-ring (bicyclic) bond motifs is 9. The molecule has 0 atom stereocenters. The van der Waals surface area contributed by atoms with Crippen LogP contribution in [0, 0.1) is 0 Å². The number of imidazole rings is 2. The highest BCUT2D eigenvalue weighted by molar-refractivity contribution is 6.11. The zero-order valence-electron chi connectivity index (χ0n) is 27.3. The van der Waals surface area contributed by atoms with E-state index in [1.54, 1.807) is 0 Å². The van der Waals surface area contributed by atoms with Crippen LogP contribution in [0.15, 0.2) is 170 Å². The predicted molar refractivity (Wildman–Crippen MR) is 208 cm³/mol. The summed E-state index contributed by atoms with van der Waals surface area (Å²) in [5.74, 6) is 1.72. The lowest BCUT2D eigenvalue weighted by atomic mass is 10.0. The molecule has 0 saturated carbocycles. The number of aromatic nitrogens is 6. The molecule has 0 aliphatic carbocycles. The van der Waals surface area contributed by atoms with Gasteiger partial charge in [-0.05, 0) is 77.9 Å². The van der Waals surface area contributed by atoms with Gasteiger partial charge in [-0.25, -0.2) is 15.0 Å². The van der Waals surface area contributed by atoms with Crippen LogP contribution in [0.25, 0.3) is 94.6 Å². The Morgan fingerprint density at radius 3 is 1.80 bits per heavy atom. The second-order valence-electron chi connectivity index (χ2n) is 12.9. The first-order valence-electron chi connectivity index (χ1n) is 17.1. The minimum atomic E-state index is 0.816. The maximum absolute atomic E-state index is 5.27. The number of hydrogen-bond acceptors (Lipinski definition) is 3. The van der Waals surface area contributed by atoms with E-state index >= 15 is 0 Å². The van der Waals surface area contributed by atoms with Gasteiger partial charge in [0.15, 0.2) is 5.82 Å². The fourth-order valence-corrected chi connectivity index (χ4v) is 7.73. The molecule has 4 heterocycles. The first-order chi connectivity index (χ1) is 25.3. The number of nitrogens with zero attached hydrogens (tertiary/aromatic N) is 6. The van der Waals surface area contributed by atoms with Crippen LogP contribution in [0.3, 0.4) is 0 Å². The molecule has 51 heavy (non-hydrogen) atoms. The van der Waals surface area contributed by atoms with E-state index in [1.165, 1.54) is 5.39 Å². The zero-order valence-corrected chi connectivity index (χ0v) is 27.3. The minimum Gasteiger partial charge on any atom is -0.292 e. The molecule has 11 rings (SSSR count). The van der Waals surface area contributed by atoms with Gasteiger partial charge in [0.05, 0.1) is 44.1 Å². The van der Waals surface area contributed by atoms with Gasteiger partial charge in [-0.2, -0.15) is 0 Å². The molecule has 7 aromatic carbocycles. The van der Waals surface area contributed by atoms with Crippen molar-refractivity contribution in [2.75, 3.05) is 0 Å². The van der Waals surface area contributed by atoms with Crippen LogP contribution in [-0.2, 0) is 0 Å². The quantitative estimate of drug-likeness (QED) is 0.190. The van der Waals surface area contributed by atoms with Gasteiger partial charge in [-0.1, -0.05) is 103 Å². The fraction of sp³-hybridized carbons (Fsp3) is 0. The van der Waals surface area contributed by atoms with Gasteiger partial charge in [-0.3, -0.25) is 13.5 Å². The van der Waals surface area contributed by atoms with E-state index in [9.17, 15) is 0 Å². The molecule has 0 aliphatic rings. The van der Waals surface area contributed by atoms with Crippen molar-refractivity contribution in [2.45, 2.75) is 0 Å². The smallest absolute Gasteiger partial charge is 0.220 e. The lowest BCUT2D eigenvalue weighted by molar-refractivity contribution is 1.08. The van der Waals surface area contributed by atoms with Crippen LogP contribution in [0.2, 0.25) is 0 Å². The molecule has 0 spiro atoms. The Morgan fingerprint density at radius 1 is 0.353 bits per heavy atom. The largest absolute Gasteiger partial charge is 0.292 e. The van der Waals surface area contributed by atoms with Crippen molar-refractivity contribution in [1.82, 2.24) is 28.5 Å². The Labute approximate surface area is 292 Å². The van der Waals surface area contributed by atoms with Gasteiger partial charge < -0.3 is 0 Å². The van der Waals surface area contributed by atoms with E-state index < -0.39 is 0 Å². The molecule has 238 valence electrons. The maximum Gasteiger partial charge on any atom is 0.220 e. The van der Waals surface area contributed by atoms with Gasteiger partial charge in [0.1, 0.15) is 5.69 Å². The molecule has 11 aromatic rings. The van der Waals surface area contributed by atoms with Crippen molar-refractivity contribution >= 4 is 60.7 Å². The number of para-hydroxylation sites is 6. The SMILES string of the molecule is c1ccc(-c2nc3ccccc3nc2-n2c3ccccc3c3cc(-c4ccc5nc6n(-c7ccccc7)c7ccccc7n6c5c4)ccc32)cc1. The molecule has 0 amide bonds. The lowest BCUT2D eigenvalue weighted by Crippen LogP contribution is -2.03. The molecule has 0 fully saturated rings. The Morgan fingerprint density at radius 2 is 0.980 bits per heavy atom. The van der Waals surface area contributed by atoms with Crippen LogP contribution in [-0.4, -0.2) is 28.5 Å². The summed E-state index contributed by atoms with van der Waals surface area (Å²) in [6, 6.07) is 59.4. The molecular formula is C45H28N6. The Balaban J connectivity index is 1.14. The molecule has 4 aromatic heterocycles. The first-order valence-corrected chi connectivity index (χ1v) is 17.1. The van der Waals surface area contributed by atoms with E-state index in [0.717, 1.165) is 89.2 Å². The topological polar surface area (TPSA) is 52.9 Å². The molecular weight excluding hydrogens is 625 g/mol. The van der Waals surface area contributed by atoms with Gasteiger partial charge in [0.25, 0.3) is 0 Å². The van der Waals surface area contributed by atoms with Gasteiger partial charge in [0.2, 0.25) is 5.78 Å². The Hall–Kier alpha value is -7.05. The molecule has 0 radical (unpaired) electrons. The summed E-state index contributed by atoms with van der Waals surface area (Å²) >= 11 is 0. The molecule has 0 bridgehead atoms. The number of benzene rings is 7. The molecule has 0 saturated heterocycles. The summed E-state index contributed by atoms with van der Waals surface area (Å²) in [5.41, 5.74) is 13.5. The van der Waals surface area contributed by atoms with Crippen molar-refractivity contribution in [3.05, 3.63) is 170 Å². The van der Waals surface area contributed by atoms with Gasteiger partial charge in [-0.15, -0.1) is 0 Å². The highest BCUT2D eigenvalue weighted by Gasteiger charge is 2.21. The van der Waals surface area contributed by atoms with Crippen LogP contribution in [0.1, 0.15) is 0 Å². The van der Waals surface area contributed by atoms with E-state index in [0.29, 0.717) is 0 Å². The van der Waals surface area contributed by atoms with E-state index in [2.05, 4.69) is 147 Å². The van der Waals surface area contributed by atoms with Gasteiger partial charge in [0, 0.05) is 22.0 Å². The summed E-state index contributed by atoms with van der Waals surface area (Å²) in [4.78, 5) is 15.6. The summed E-state index contributed by atoms with van der Waals surface area (Å²) < 4.78 is 6.81. The highest BCUT2D eigenvalue weighted by atomic mass is 15.2. The second kappa shape index (κ2) is 10.7. The molecule has 0 aliphatic heterocycles. The van der Waals surface area contributed by atoms with Crippen LogP contribution < -0.4 is 0 Å². The maximum atomic E-state index is 5.27. The van der Waals surface area contributed by atoms with Crippen LogP contribution in [0.5, 0.6) is 0 Å². The highest BCUT2D eigenvalue weighted by Crippen LogP contribution is 2.38. The molecule has 0 unspecified atom stereocenters. The molecule has 0 N–H and O–H groups in total. The third kappa shape index (κ3) is 4.14. The molecule has 6 heteroatoms. The number of rotatable bonds is 4. The fourth-order valence-electron chi connectivity index (χ4n) is 7.73. The van der Waals surface area contributed by atoms with E-state index in [-0.39, 0.29) is 0 Å². The van der Waals surface area contributed by atoms with Crippen molar-refractivity contribution in [2.24, 2.45) is 0 Å². The molecule has 6 nitrogen and oxygen atoms in total. The normalized spacial score (nSPS) is 11.9. The average molecular weight is 653 g/mol. The Bertz CT molecular complexity index is 3130. The first kappa shape index (κ1) is 27.9. The number of hydrogen-bond donors (Lipinski definition) is 0. The summed E-state index contributed by atoms with van der Waals surface area (Å²) in [6.45, 7) is 0. The van der Waals surface area contributed by atoms with Crippen LogP contribution in [0.4, 0.5) is 0 Å². The monoisotopic (exact) mass is 652 g/mol. The van der Waals surface area contributed by atoms with Crippen molar-refractivity contribution in [3.63, 3.8) is 0 Å². The van der Waals surface area contributed by atoms with Crippen LogP contribution >= 0.6 is 0 Å². The van der Waals surface area contributed by atoms with Crippen molar-refractivity contribution in [3.8, 4) is 33.9 Å². The second-order valence-corrected chi connectivity index (χ2v) is 12.9. The third-order valence-corrected chi connectivity index (χ3v) is 10.0. The zero-order chi connectivity index (χ0) is 33.5.